The van der Waals surface area contributed by atoms with Gasteiger partial charge in [-0.1, -0.05) is 36.4 Å². The molecule has 1 aromatic carbocycles. The predicted molar refractivity (Wildman–Crippen MR) is 82.8 cm³/mol. The largest absolute Gasteiger partial charge is 0.473 e. The quantitative estimate of drug-likeness (QED) is 0.649. The lowest BCUT2D eigenvalue weighted by molar-refractivity contribution is 0.191. The number of anilines is 1. The topological polar surface area (TPSA) is 63.4 Å². The first-order valence-corrected chi connectivity index (χ1v) is 7.20. The number of aromatic nitrogens is 1. The van der Waals surface area contributed by atoms with Crippen LogP contribution in [0.4, 0.5) is 5.82 Å². The van der Waals surface area contributed by atoms with E-state index in [4.69, 9.17) is 10.6 Å². The second-order valence-electron chi connectivity index (χ2n) is 5.25. The molecule has 3 N–H and O–H groups in total. The molecular formula is C16H20N4O. The standard InChI is InChI=1S/C16H20N4O/c17-19-15-7-4-8-16(18-15)21-14-9-10-20(12-14)11-13-5-2-1-3-6-13/h1-8,14H,9-12,17H2,(H,18,19). The van der Waals surface area contributed by atoms with Gasteiger partial charge in [-0.3, -0.25) is 4.90 Å². The number of nitrogens with two attached hydrogens (primary N) is 1. The Morgan fingerprint density at radius 3 is 2.86 bits per heavy atom. The van der Waals surface area contributed by atoms with Gasteiger partial charge in [-0.25, -0.2) is 5.84 Å². The van der Waals surface area contributed by atoms with Crippen LogP contribution in [0, 0.1) is 0 Å². The van der Waals surface area contributed by atoms with E-state index in [1.54, 1.807) is 0 Å². The van der Waals surface area contributed by atoms with Crippen molar-refractivity contribution in [2.75, 3.05) is 18.5 Å². The molecular weight excluding hydrogens is 264 g/mol. The molecule has 0 radical (unpaired) electrons. The third-order valence-corrected chi connectivity index (χ3v) is 3.64. The zero-order valence-corrected chi connectivity index (χ0v) is 11.9. The van der Waals surface area contributed by atoms with Crippen LogP contribution in [0.2, 0.25) is 0 Å². The minimum absolute atomic E-state index is 0.189. The number of nitrogens with zero attached hydrogens (tertiary/aromatic N) is 2. The Balaban J connectivity index is 1.54. The van der Waals surface area contributed by atoms with Crippen molar-refractivity contribution >= 4 is 5.82 Å². The van der Waals surface area contributed by atoms with Crippen LogP contribution in [-0.4, -0.2) is 29.1 Å². The fourth-order valence-electron chi connectivity index (χ4n) is 2.61. The van der Waals surface area contributed by atoms with E-state index in [9.17, 15) is 0 Å². The van der Waals surface area contributed by atoms with Crippen LogP contribution < -0.4 is 16.0 Å². The lowest BCUT2D eigenvalue weighted by Gasteiger charge is -2.16. The maximum atomic E-state index is 5.94. The summed E-state index contributed by atoms with van der Waals surface area (Å²) in [7, 11) is 0. The highest BCUT2D eigenvalue weighted by Gasteiger charge is 2.24. The van der Waals surface area contributed by atoms with Gasteiger partial charge in [0.2, 0.25) is 5.88 Å². The third-order valence-electron chi connectivity index (χ3n) is 3.64. The number of likely N-dealkylation sites (tertiary alicyclic amines) is 1. The molecule has 2 aromatic rings. The van der Waals surface area contributed by atoms with Gasteiger partial charge < -0.3 is 10.2 Å². The van der Waals surface area contributed by atoms with Crippen molar-refractivity contribution in [2.45, 2.75) is 19.1 Å². The van der Waals surface area contributed by atoms with E-state index in [-0.39, 0.29) is 6.10 Å². The van der Waals surface area contributed by atoms with Crippen molar-refractivity contribution in [3.8, 4) is 5.88 Å². The first-order chi connectivity index (χ1) is 10.3. The molecule has 5 nitrogen and oxygen atoms in total. The Morgan fingerprint density at radius 2 is 2.05 bits per heavy atom. The Hall–Kier alpha value is -2.11. The van der Waals surface area contributed by atoms with Gasteiger partial charge in [-0.05, 0) is 18.1 Å². The Labute approximate surface area is 124 Å². The average molecular weight is 284 g/mol. The van der Waals surface area contributed by atoms with Crippen molar-refractivity contribution in [1.29, 1.82) is 0 Å². The zero-order valence-electron chi connectivity index (χ0n) is 11.9. The lowest BCUT2D eigenvalue weighted by atomic mass is 10.2. The fourth-order valence-corrected chi connectivity index (χ4v) is 2.61. The molecule has 1 saturated heterocycles. The van der Waals surface area contributed by atoms with Crippen molar-refractivity contribution in [1.82, 2.24) is 9.88 Å². The average Bonchev–Trinajstić information content (AvgIpc) is 2.95. The molecule has 0 spiro atoms. The van der Waals surface area contributed by atoms with Crippen molar-refractivity contribution in [3.05, 3.63) is 54.1 Å². The molecule has 1 aromatic heterocycles. The number of hydrogen-bond acceptors (Lipinski definition) is 5. The summed E-state index contributed by atoms with van der Waals surface area (Å²) in [5, 5.41) is 0. The van der Waals surface area contributed by atoms with Gasteiger partial charge in [0.05, 0.1) is 0 Å². The van der Waals surface area contributed by atoms with Gasteiger partial charge in [0.25, 0.3) is 0 Å². The minimum atomic E-state index is 0.189. The number of pyridine rings is 1. The number of rotatable bonds is 5. The number of ether oxygens (including phenoxy) is 1. The molecule has 1 atom stereocenters. The molecule has 0 bridgehead atoms. The molecule has 1 unspecified atom stereocenters. The van der Waals surface area contributed by atoms with E-state index < -0.39 is 0 Å². The monoisotopic (exact) mass is 284 g/mol. The molecule has 110 valence electrons. The summed E-state index contributed by atoms with van der Waals surface area (Å²) in [4.78, 5) is 6.69. The summed E-state index contributed by atoms with van der Waals surface area (Å²) in [6.07, 6.45) is 1.21. The van der Waals surface area contributed by atoms with Crippen LogP contribution in [0.3, 0.4) is 0 Å². The normalized spacial score (nSPS) is 18.6. The molecule has 1 aliphatic rings. The first kappa shape index (κ1) is 13.9. The maximum absolute atomic E-state index is 5.94. The lowest BCUT2D eigenvalue weighted by Crippen LogP contribution is -2.24. The van der Waals surface area contributed by atoms with Crippen LogP contribution >= 0.6 is 0 Å². The van der Waals surface area contributed by atoms with E-state index in [1.165, 1.54) is 5.56 Å². The highest BCUT2D eigenvalue weighted by atomic mass is 16.5. The van der Waals surface area contributed by atoms with Crippen molar-refractivity contribution in [3.63, 3.8) is 0 Å². The van der Waals surface area contributed by atoms with Crippen LogP contribution in [0.5, 0.6) is 5.88 Å². The number of hydrazine groups is 1. The second kappa shape index (κ2) is 6.56. The van der Waals surface area contributed by atoms with Gasteiger partial charge in [-0.15, -0.1) is 0 Å². The SMILES string of the molecule is NNc1cccc(OC2CCN(Cc3ccccc3)C2)n1. The zero-order chi connectivity index (χ0) is 14.5. The van der Waals surface area contributed by atoms with Crippen LogP contribution in [0.25, 0.3) is 0 Å². The Bertz CT molecular complexity index is 575. The summed E-state index contributed by atoms with van der Waals surface area (Å²) in [6.45, 7) is 2.95. The number of nitrogen functional groups attached to an aromatic ring is 1. The summed E-state index contributed by atoms with van der Waals surface area (Å²) < 4.78 is 5.94. The predicted octanol–water partition coefficient (Wildman–Crippen LogP) is 2.02. The van der Waals surface area contributed by atoms with E-state index in [1.807, 2.05) is 24.3 Å². The molecule has 21 heavy (non-hydrogen) atoms. The summed E-state index contributed by atoms with van der Waals surface area (Å²) in [5.74, 6) is 6.60. The molecule has 0 saturated carbocycles. The van der Waals surface area contributed by atoms with Gasteiger partial charge in [0.15, 0.2) is 0 Å². The molecule has 0 amide bonds. The third kappa shape index (κ3) is 3.71. The number of nitrogens with one attached hydrogen (secondary N) is 1. The molecule has 1 aliphatic heterocycles. The summed E-state index contributed by atoms with van der Waals surface area (Å²) in [5.41, 5.74) is 3.87. The van der Waals surface area contributed by atoms with Crippen LogP contribution in [0.1, 0.15) is 12.0 Å². The Kier molecular flexibility index (Phi) is 4.33. The summed E-state index contributed by atoms with van der Waals surface area (Å²) >= 11 is 0. The van der Waals surface area contributed by atoms with Gasteiger partial charge >= 0.3 is 0 Å². The van der Waals surface area contributed by atoms with E-state index in [0.29, 0.717) is 11.7 Å². The minimum Gasteiger partial charge on any atom is -0.473 e. The molecule has 0 aliphatic carbocycles. The van der Waals surface area contributed by atoms with Crippen molar-refractivity contribution < 1.29 is 4.74 Å². The van der Waals surface area contributed by atoms with Gasteiger partial charge in [-0.2, -0.15) is 4.98 Å². The smallest absolute Gasteiger partial charge is 0.215 e. The molecule has 2 heterocycles. The number of benzene rings is 1. The molecule has 3 rings (SSSR count). The maximum Gasteiger partial charge on any atom is 0.215 e. The van der Waals surface area contributed by atoms with Crippen LogP contribution in [-0.2, 0) is 6.54 Å². The van der Waals surface area contributed by atoms with E-state index in [0.717, 1.165) is 26.1 Å². The molecule has 1 fully saturated rings. The van der Waals surface area contributed by atoms with Gasteiger partial charge in [0, 0.05) is 25.7 Å². The second-order valence-corrected chi connectivity index (χ2v) is 5.25. The number of hydrogen-bond donors (Lipinski definition) is 2. The highest BCUT2D eigenvalue weighted by Crippen LogP contribution is 2.19. The Morgan fingerprint density at radius 1 is 1.19 bits per heavy atom. The fraction of sp³-hybridized carbons (Fsp3) is 0.312. The summed E-state index contributed by atoms with van der Waals surface area (Å²) in [6, 6.07) is 16.1. The van der Waals surface area contributed by atoms with Crippen LogP contribution in [0.15, 0.2) is 48.5 Å². The van der Waals surface area contributed by atoms with Crippen molar-refractivity contribution in [2.24, 2.45) is 5.84 Å². The van der Waals surface area contributed by atoms with E-state index in [2.05, 4.69) is 39.6 Å². The van der Waals surface area contributed by atoms with Gasteiger partial charge in [0.1, 0.15) is 11.9 Å². The van der Waals surface area contributed by atoms with E-state index >= 15 is 0 Å². The molecule has 5 heteroatoms. The first-order valence-electron chi connectivity index (χ1n) is 7.20. The highest BCUT2D eigenvalue weighted by molar-refractivity contribution is 5.35.